The van der Waals surface area contributed by atoms with Crippen molar-refractivity contribution >= 4 is 30.1 Å². The number of amides is 1. The lowest BCUT2D eigenvalue weighted by Gasteiger charge is -2.23. The molecule has 0 aliphatic carbocycles. The molecule has 1 heterocycles. The van der Waals surface area contributed by atoms with Crippen LogP contribution in [0, 0.1) is 0 Å². The van der Waals surface area contributed by atoms with E-state index in [0.717, 1.165) is 36.7 Å². The van der Waals surface area contributed by atoms with Crippen molar-refractivity contribution in [3.05, 3.63) is 29.8 Å². The van der Waals surface area contributed by atoms with Crippen LogP contribution in [-0.2, 0) is 11.0 Å². The number of rotatable bonds is 4. The SMILES string of the molecule is Cl.NCC1CCCN1C(=O)CSc1cccc(C(F)(F)F)c1. The van der Waals surface area contributed by atoms with E-state index >= 15 is 0 Å². The number of alkyl halides is 3. The Hall–Kier alpha value is -0.920. The molecule has 124 valence electrons. The molecule has 2 rings (SSSR count). The maximum absolute atomic E-state index is 12.6. The maximum Gasteiger partial charge on any atom is 0.416 e. The number of likely N-dealkylation sites (tertiary alicyclic amines) is 1. The zero-order chi connectivity index (χ0) is 15.5. The number of hydrogen-bond donors (Lipinski definition) is 1. The molecule has 1 atom stereocenters. The molecule has 0 radical (unpaired) electrons. The van der Waals surface area contributed by atoms with E-state index in [0.29, 0.717) is 18.0 Å². The second-order valence-electron chi connectivity index (χ2n) is 4.93. The highest BCUT2D eigenvalue weighted by molar-refractivity contribution is 8.00. The Morgan fingerprint density at radius 1 is 1.41 bits per heavy atom. The van der Waals surface area contributed by atoms with E-state index in [-0.39, 0.29) is 30.1 Å². The fourth-order valence-electron chi connectivity index (χ4n) is 2.40. The summed E-state index contributed by atoms with van der Waals surface area (Å²) in [5.41, 5.74) is 4.92. The topological polar surface area (TPSA) is 46.3 Å². The van der Waals surface area contributed by atoms with Crippen LogP contribution in [0.5, 0.6) is 0 Å². The summed E-state index contributed by atoms with van der Waals surface area (Å²) < 4.78 is 37.8. The molecule has 1 unspecified atom stereocenters. The first-order valence-corrected chi connectivity index (χ1v) is 7.70. The standard InChI is InChI=1S/C14H17F3N2OS.ClH/c15-14(16,17)10-3-1-5-12(7-10)21-9-13(20)19-6-2-4-11(19)8-18;/h1,3,5,7,11H,2,4,6,8-9,18H2;1H. The quantitative estimate of drug-likeness (QED) is 0.845. The molecule has 1 aliphatic heterocycles. The van der Waals surface area contributed by atoms with Crippen molar-refractivity contribution in [1.29, 1.82) is 0 Å². The summed E-state index contributed by atoms with van der Waals surface area (Å²) in [5.74, 6) is 0.0722. The zero-order valence-corrected chi connectivity index (χ0v) is 13.4. The smallest absolute Gasteiger partial charge is 0.338 e. The van der Waals surface area contributed by atoms with Gasteiger partial charge in [0.2, 0.25) is 5.91 Å². The molecule has 0 aromatic heterocycles. The van der Waals surface area contributed by atoms with Gasteiger partial charge >= 0.3 is 6.18 Å². The number of nitrogens with two attached hydrogens (primary N) is 1. The molecule has 1 saturated heterocycles. The van der Waals surface area contributed by atoms with Gasteiger partial charge in [-0.15, -0.1) is 24.2 Å². The van der Waals surface area contributed by atoms with Crippen LogP contribution in [0.15, 0.2) is 29.2 Å². The summed E-state index contributed by atoms with van der Waals surface area (Å²) in [4.78, 5) is 14.3. The van der Waals surface area contributed by atoms with Gasteiger partial charge in [-0.25, -0.2) is 0 Å². The second kappa shape index (κ2) is 8.08. The van der Waals surface area contributed by atoms with Crippen LogP contribution in [0.2, 0.25) is 0 Å². The van der Waals surface area contributed by atoms with Crippen molar-refractivity contribution in [2.45, 2.75) is 30.0 Å². The van der Waals surface area contributed by atoms with Gasteiger partial charge in [0.05, 0.1) is 11.3 Å². The van der Waals surface area contributed by atoms with Gasteiger partial charge in [-0.2, -0.15) is 13.2 Å². The van der Waals surface area contributed by atoms with Crippen molar-refractivity contribution in [2.75, 3.05) is 18.8 Å². The van der Waals surface area contributed by atoms with Gasteiger partial charge in [-0.05, 0) is 31.0 Å². The molecule has 0 bridgehead atoms. The Bertz CT molecular complexity index is 513. The first-order valence-electron chi connectivity index (χ1n) is 6.71. The fourth-order valence-corrected chi connectivity index (χ4v) is 3.24. The van der Waals surface area contributed by atoms with Gasteiger partial charge in [-0.3, -0.25) is 4.79 Å². The maximum atomic E-state index is 12.6. The molecule has 3 nitrogen and oxygen atoms in total. The van der Waals surface area contributed by atoms with Crippen molar-refractivity contribution in [3.8, 4) is 0 Å². The summed E-state index contributed by atoms with van der Waals surface area (Å²) in [5, 5.41) is 0. The number of nitrogens with zero attached hydrogens (tertiary/aromatic N) is 1. The lowest BCUT2D eigenvalue weighted by atomic mass is 10.2. The van der Waals surface area contributed by atoms with Crippen molar-refractivity contribution < 1.29 is 18.0 Å². The third kappa shape index (κ3) is 4.79. The van der Waals surface area contributed by atoms with E-state index in [9.17, 15) is 18.0 Å². The lowest BCUT2D eigenvalue weighted by Crippen LogP contribution is -2.40. The number of halogens is 4. The van der Waals surface area contributed by atoms with Crippen LogP contribution in [0.25, 0.3) is 0 Å². The van der Waals surface area contributed by atoms with Gasteiger partial charge in [0.15, 0.2) is 0 Å². The summed E-state index contributed by atoms with van der Waals surface area (Å²) in [6.07, 6.45) is -2.53. The Morgan fingerprint density at radius 2 is 2.14 bits per heavy atom. The van der Waals surface area contributed by atoms with Crippen LogP contribution in [0.1, 0.15) is 18.4 Å². The van der Waals surface area contributed by atoms with Crippen LogP contribution < -0.4 is 5.73 Å². The first kappa shape index (κ1) is 19.1. The van der Waals surface area contributed by atoms with E-state index in [1.54, 1.807) is 11.0 Å². The molecule has 1 aromatic carbocycles. The summed E-state index contributed by atoms with van der Waals surface area (Å²) in [7, 11) is 0. The Labute approximate surface area is 137 Å². The van der Waals surface area contributed by atoms with Gasteiger partial charge in [0.25, 0.3) is 0 Å². The molecule has 1 fully saturated rings. The number of hydrogen-bond acceptors (Lipinski definition) is 3. The van der Waals surface area contributed by atoms with E-state index in [2.05, 4.69) is 0 Å². The normalized spacial score (nSPS) is 18.2. The molecule has 22 heavy (non-hydrogen) atoms. The van der Waals surface area contributed by atoms with Crippen LogP contribution >= 0.6 is 24.2 Å². The highest BCUT2D eigenvalue weighted by Gasteiger charge is 2.31. The largest absolute Gasteiger partial charge is 0.416 e. The van der Waals surface area contributed by atoms with Crippen LogP contribution in [0.4, 0.5) is 13.2 Å². The van der Waals surface area contributed by atoms with Crippen molar-refractivity contribution in [1.82, 2.24) is 4.90 Å². The number of carbonyl (C=O) groups is 1. The van der Waals surface area contributed by atoms with E-state index < -0.39 is 11.7 Å². The molecular formula is C14H18ClF3N2OS. The number of thioether (sulfide) groups is 1. The van der Waals surface area contributed by atoms with Gasteiger partial charge in [-0.1, -0.05) is 6.07 Å². The second-order valence-corrected chi connectivity index (χ2v) is 5.98. The summed E-state index contributed by atoms with van der Waals surface area (Å²) in [6.45, 7) is 1.11. The summed E-state index contributed by atoms with van der Waals surface area (Å²) in [6, 6.07) is 5.10. The summed E-state index contributed by atoms with van der Waals surface area (Å²) >= 11 is 1.13. The number of carbonyl (C=O) groups excluding carboxylic acids is 1. The molecule has 8 heteroatoms. The predicted molar refractivity (Wildman–Crippen MR) is 83.2 cm³/mol. The van der Waals surface area contributed by atoms with Crippen LogP contribution in [0.3, 0.4) is 0 Å². The third-order valence-corrected chi connectivity index (χ3v) is 4.47. The Kier molecular flexibility index (Phi) is 7.02. The average Bonchev–Trinajstić information content (AvgIpc) is 2.92. The molecule has 0 spiro atoms. The molecule has 1 aliphatic rings. The zero-order valence-electron chi connectivity index (χ0n) is 11.8. The highest BCUT2D eigenvalue weighted by atomic mass is 35.5. The molecule has 2 N–H and O–H groups in total. The molecule has 1 amide bonds. The molecular weight excluding hydrogens is 337 g/mol. The van der Waals surface area contributed by atoms with E-state index in [1.165, 1.54) is 6.07 Å². The van der Waals surface area contributed by atoms with Crippen molar-refractivity contribution in [2.24, 2.45) is 5.73 Å². The Morgan fingerprint density at radius 3 is 2.77 bits per heavy atom. The van der Waals surface area contributed by atoms with E-state index in [1.807, 2.05) is 0 Å². The third-order valence-electron chi connectivity index (χ3n) is 3.49. The minimum absolute atomic E-state index is 0. The first-order chi connectivity index (χ1) is 9.91. The van der Waals surface area contributed by atoms with Gasteiger partial charge in [0.1, 0.15) is 0 Å². The van der Waals surface area contributed by atoms with Gasteiger partial charge in [0, 0.05) is 24.0 Å². The minimum atomic E-state index is -4.36. The predicted octanol–water partition coefficient (Wildman–Crippen LogP) is 3.17. The lowest BCUT2D eigenvalue weighted by molar-refractivity contribution is -0.137. The average molecular weight is 355 g/mol. The highest BCUT2D eigenvalue weighted by Crippen LogP contribution is 2.32. The van der Waals surface area contributed by atoms with E-state index in [4.69, 9.17) is 5.73 Å². The van der Waals surface area contributed by atoms with Crippen LogP contribution in [-0.4, -0.2) is 35.7 Å². The minimum Gasteiger partial charge on any atom is -0.338 e. The monoisotopic (exact) mass is 354 g/mol. The Balaban J connectivity index is 0.00000242. The fraction of sp³-hybridized carbons (Fsp3) is 0.500. The molecule has 1 aromatic rings. The van der Waals surface area contributed by atoms with Crippen molar-refractivity contribution in [3.63, 3.8) is 0 Å². The van der Waals surface area contributed by atoms with Gasteiger partial charge < -0.3 is 10.6 Å². The molecule has 0 saturated carbocycles. The number of benzene rings is 1.